The molecular weight excluding hydrogens is 260 g/mol. The summed E-state index contributed by atoms with van der Waals surface area (Å²) in [5.41, 5.74) is 7.63. The minimum absolute atomic E-state index is 0.200. The maximum absolute atomic E-state index is 12.1. The third-order valence-electron chi connectivity index (χ3n) is 3.16. The van der Waals surface area contributed by atoms with E-state index in [1.54, 1.807) is 7.05 Å². The molecular formula is C14H24N2O2S. The Labute approximate surface area is 116 Å². The van der Waals surface area contributed by atoms with Gasteiger partial charge in [-0.15, -0.1) is 0 Å². The highest BCUT2D eigenvalue weighted by atomic mass is 32.2. The number of nitrogens with zero attached hydrogens (tertiary/aromatic N) is 1. The van der Waals surface area contributed by atoms with E-state index in [4.69, 9.17) is 5.73 Å². The Morgan fingerprint density at radius 1 is 1.21 bits per heavy atom. The monoisotopic (exact) mass is 284 g/mol. The van der Waals surface area contributed by atoms with Crippen molar-refractivity contribution in [2.24, 2.45) is 11.7 Å². The van der Waals surface area contributed by atoms with Gasteiger partial charge in [0.25, 0.3) is 0 Å². The van der Waals surface area contributed by atoms with Crippen LogP contribution in [0.3, 0.4) is 0 Å². The van der Waals surface area contributed by atoms with Gasteiger partial charge in [-0.25, -0.2) is 12.7 Å². The van der Waals surface area contributed by atoms with Crippen molar-refractivity contribution in [1.29, 1.82) is 0 Å². The summed E-state index contributed by atoms with van der Waals surface area (Å²) in [5.74, 6) is 0.589. The lowest BCUT2D eigenvalue weighted by Gasteiger charge is -2.19. The number of sulfonamides is 1. The van der Waals surface area contributed by atoms with E-state index >= 15 is 0 Å². The number of nitrogens with two attached hydrogens (primary N) is 1. The van der Waals surface area contributed by atoms with Crippen molar-refractivity contribution in [3.63, 3.8) is 0 Å². The van der Waals surface area contributed by atoms with Crippen LogP contribution in [0.25, 0.3) is 0 Å². The molecule has 1 rings (SSSR count). The lowest BCUT2D eigenvalue weighted by molar-refractivity contribution is 0.459. The fraction of sp³-hybridized carbons (Fsp3) is 0.571. The Morgan fingerprint density at radius 2 is 1.79 bits per heavy atom. The second-order valence-corrected chi connectivity index (χ2v) is 7.42. The zero-order valence-electron chi connectivity index (χ0n) is 12.0. The van der Waals surface area contributed by atoms with E-state index in [0.717, 1.165) is 11.1 Å². The quantitative estimate of drug-likeness (QED) is 0.832. The average molecular weight is 284 g/mol. The van der Waals surface area contributed by atoms with Gasteiger partial charge in [-0.2, -0.15) is 0 Å². The van der Waals surface area contributed by atoms with Crippen LogP contribution in [0.2, 0.25) is 0 Å². The van der Waals surface area contributed by atoms with Gasteiger partial charge in [0, 0.05) is 20.1 Å². The molecule has 0 aliphatic carbocycles. The van der Waals surface area contributed by atoms with Crippen molar-refractivity contribution in [3.8, 4) is 0 Å². The van der Waals surface area contributed by atoms with Crippen molar-refractivity contribution in [2.75, 3.05) is 12.8 Å². The molecule has 0 aromatic heterocycles. The SMILES string of the molecule is CC(C)CCS(=O)(=O)N(C)Cc1ccccc1CN. The maximum Gasteiger partial charge on any atom is 0.214 e. The van der Waals surface area contributed by atoms with Crippen molar-refractivity contribution in [1.82, 2.24) is 4.31 Å². The first-order chi connectivity index (χ1) is 8.86. The molecule has 5 heteroatoms. The molecule has 4 nitrogen and oxygen atoms in total. The molecule has 1 aromatic rings. The molecule has 2 N–H and O–H groups in total. The van der Waals surface area contributed by atoms with E-state index in [-0.39, 0.29) is 5.75 Å². The van der Waals surface area contributed by atoms with E-state index in [1.807, 2.05) is 38.1 Å². The summed E-state index contributed by atoms with van der Waals surface area (Å²) in [6.07, 6.45) is 0.686. The van der Waals surface area contributed by atoms with Crippen molar-refractivity contribution < 1.29 is 8.42 Å². The standard InChI is InChI=1S/C14H24N2O2S/c1-12(2)8-9-19(17,18)16(3)11-14-7-5-4-6-13(14)10-15/h4-7,12H,8-11,15H2,1-3H3. The normalized spacial score (nSPS) is 12.3. The van der Waals surface area contributed by atoms with Gasteiger partial charge < -0.3 is 5.73 Å². The van der Waals surface area contributed by atoms with Crippen LogP contribution >= 0.6 is 0 Å². The van der Waals surface area contributed by atoms with Crippen LogP contribution in [-0.4, -0.2) is 25.5 Å². The predicted octanol–water partition coefficient (Wildman–Crippen LogP) is 1.95. The number of hydrogen-bond acceptors (Lipinski definition) is 3. The lowest BCUT2D eigenvalue weighted by atomic mass is 10.1. The zero-order chi connectivity index (χ0) is 14.5. The summed E-state index contributed by atoms with van der Waals surface area (Å²) >= 11 is 0. The number of hydrogen-bond donors (Lipinski definition) is 1. The highest BCUT2D eigenvalue weighted by molar-refractivity contribution is 7.89. The van der Waals surface area contributed by atoms with Gasteiger partial charge in [-0.1, -0.05) is 38.1 Å². The highest BCUT2D eigenvalue weighted by Crippen LogP contribution is 2.14. The van der Waals surface area contributed by atoms with Crippen LogP contribution in [0.4, 0.5) is 0 Å². The molecule has 108 valence electrons. The topological polar surface area (TPSA) is 63.4 Å². The Balaban J connectivity index is 2.75. The van der Waals surface area contributed by atoms with Gasteiger partial charge in [0.15, 0.2) is 0 Å². The van der Waals surface area contributed by atoms with Crippen molar-refractivity contribution in [2.45, 2.75) is 33.4 Å². The first-order valence-corrected chi connectivity index (χ1v) is 8.18. The van der Waals surface area contributed by atoms with Crippen molar-refractivity contribution in [3.05, 3.63) is 35.4 Å². The molecule has 0 aliphatic rings. The molecule has 0 heterocycles. The summed E-state index contributed by atoms with van der Waals surface area (Å²) in [4.78, 5) is 0. The van der Waals surface area contributed by atoms with Crippen LogP contribution in [0.5, 0.6) is 0 Å². The minimum atomic E-state index is -3.19. The minimum Gasteiger partial charge on any atom is -0.326 e. The molecule has 0 atom stereocenters. The molecule has 0 bridgehead atoms. The Bertz CT molecular complexity index is 498. The molecule has 1 aromatic carbocycles. The second-order valence-electron chi connectivity index (χ2n) is 5.23. The number of benzene rings is 1. The van der Waals surface area contributed by atoms with Crippen LogP contribution < -0.4 is 5.73 Å². The molecule has 0 spiro atoms. The summed E-state index contributed by atoms with van der Waals surface area (Å²) in [7, 11) is -1.56. The van der Waals surface area contributed by atoms with Crippen LogP contribution in [0.1, 0.15) is 31.4 Å². The van der Waals surface area contributed by atoms with E-state index in [0.29, 0.717) is 25.4 Å². The summed E-state index contributed by atoms with van der Waals surface area (Å²) in [5, 5.41) is 0. The first-order valence-electron chi connectivity index (χ1n) is 6.57. The van der Waals surface area contributed by atoms with Crippen LogP contribution in [0, 0.1) is 5.92 Å². The Hall–Kier alpha value is -0.910. The fourth-order valence-electron chi connectivity index (χ4n) is 1.79. The molecule has 0 saturated carbocycles. The molecule has 0 saturated heterocycles. The third-order valence-corrected chi connectivity index (χ3v) is 4.99. The Morgan fingerprint density at radius 3 is 2.32 bits per heavy atom. The average Bonchev–Trinajstić information content (AvgIpc) is 2.37. The van der Waals surface area contributed by atoms with E-state index in [1.165, 1.54) is 4.31 Å². The highest BCUT2D eigenvalue weighted by Gasteiger charge is 2.19. The molecule has 0 fully saturated rings. The van der Waals surface area contributed by atoms with Gasteiger partial charge in [-0.3, -0.25) is 0 Å². The smallest absolute Gasteiger partial charge is 0.214 e. The first kappa shape index (κ1) is 16.1. The van der Waals surface area contributed by atoms with Gasteiger partial charge in [0.2, 0.25) is 10.0 Å². The van der Waals surface area contributed by atoms with E-state index < -0.39 is 10.0 Å². The molecule has 0 aliphatic heterocycles. The van der Waals surface area contributed by atoms with E-state index in [2.05, 4.69) is 0 Å². The summed E-state index contributed by atoms with van der Waals surface area (Å²) < 4.78 is 25.7. The number of rotatable bonds is 7. The molecule has 0 radical (unpaired) electrons. The molecule has 19 heavy (non-hydrogen) atoms. The van der Waals surface area contributed by atoms with Gasteiger partial charge in [0.1, 0.15) is 0 Å². The van der Waals surface area contributed by atoms with E-state index in [9.17, 15) is 8.42 Å². The van der Waals surface area contributed by atoms with Crippen LogP contribution in [-0.2, 0) is 23.1 Å². The summed E-state index contributed by atoms with van der Waals surface area (Å²) in [6.45, 7) is 4.86. The van der Waals surface area contributed by atoms with Gasteiger partial charge in [-0.05, 0) is 23.5 Å². The predicted molar refractivity (Wildman–Crippen MR) is 79.0 cm³/mol. The van der Waals surface area contributed by atoms with Gasteiger partial charge in [0.05, 0.1) is 5.75 Å². The maximum atomic E-state index is 12.1. The molecule has 0 unspecified atom stereocenters. The van der Waals surface area contributed by atoms with Crippen LogP contribution in [0.15, 0.2) is 24.3 Å². The summed E-state index contributed by atoms with van der Waals surface area (Å²) in [6, 6.07) is 7.68. The second kappa shape index (κ2) is 7.03. The van der Waals surface area contributed by atoms with Crippen molar-refractivity contribution >= 4 is 10.0 Å². The van der Waals surface area contributed by atoms with Gasteiger partial charge >= 0.3 is 0 Å². The third kappa shape index (κ3) is 4.93. The Kier molecular flexibility index (Phi) is 5.97. The zero-order valence-corrected chi connectivity index (χ0v) is 12.8. The molecule has 0 amide bonds. The lowest BCUT2D eigenvalue weighted by Crippen LogP contribution is -2.29. The fourth-order valence-corrected chi connectivity index (χ4v) is 3.21. The largest absolute Gasteiger partial charge is 0.326 e.